The first-order valence-electron chi connectivity index (χ1n) is 8.20. The van der Waals surface area contributed by atoms with Crippen LogP contribution in [0.1, 0.15) is 45.9 Å². The average Bonchev–Trinajstić information content (AvgIpc) is 3.07. The standard InChI is InChI=1S/C18H25ClN2OS/c1-18(2,3)17-20-12-10-9-11(19)16(15(12)22-17)23-14-8-6-7-13(14)21(4)5/h9-10,13-14H,6-8H2,1-5H3/t13-,14+/m1/s1. The third-order valence-electron chi connectivity index (χ3n) is 4.46. The summed E-state index contributed by atoms with van der Waals surface area (Å²) >= 11 is 8.37. The third-order valence-corrected chi connectivity index (χ3v) is 6.38. The highest BCUT2D eigenvalue weighted by Gasteiger charge is 2.31. The van der Waals surface area contributed by atoms with Crippen LogP contribution in [0.3, 0.4) is 0 Å². The van der Waals surface area contributed by atoms with Crippen LogP contribution in [0.4, 0.5) is 0 Å². The fraction of sp³-hybridized carbons (Fsp3) is 0.611. The van der Waals surface area contributed by atoms with Gasteiger partial charge in [-0.3, -0.25) is 0 Å². The van der Waals surface area contributed by atoms with Gasteiger partial charge in [-0.25, -0.2) is 4.98 Å². The summed E-state index contributed by atoms with van der Waals surface area (Å²) in [7, 11) is 4.33. The monoisotopic (exact) mass is 352 g/mol. The van der Waals surface area contributed by atoms with Crippen LogP contribution < -0.4 is 0 Å². The maximum absolute atomic E-state index is 6.51. The molecule has 2 atom stereocenters. The predicted octanol–water partition coefficient (Wildman–Crippen LogP) is 5.35. The Labute approximate surface area is 147 Å². The van der Waals surface area contributed by atoms with Crippen LogP contribution in [0.5, 0.6) is 0 Å². The Morgan fingerprint density at radius 2 is 2.00 bits per heavy atom. The first kappa shape index (κ1) is 17.1. The van der Waals surface area contributed by atoms with E-state index in [4.69, 9.17) is 16.0 Å². The lowest BCUT2D eigenvalue weighted by molar-refractivity contribution is 0.304. The van der Waals surface area contributed by atoms with Crippen molar-refractivity contribution >= 4 is 34.5 Å². The van der Waals surface area contributed by atoms with Crippen molar-refractivity contribution in [2.75, 3.05) is 14.1 Å². The maximum Gasteiger partial charge on any atom is 0.200 e. The van der Waals surface area contributed by atoms with Gasteiger partial charge < -0.3 is 9.32 Å². The van der Waals surface area contributed by atoms with Crippen molar-refractivity contribution < 1.29 is 4.42 Å². The number of nitrogens with zero attached hydrogens (tertiary/aromatic N) is 2. The molecule has 1 aromatic carbocycles. The number of thioether (sulfide) groups is 1. The first-order valence-corrected chi connectivity index (χ1v) is 9.46. The Balaban J connectivity index is 1.99. The molecule has 0 aliphatic heterocycles. The van der Waals surface area contributed by atoms with E-state index in [1.807, 2.05) is 23.9 Å². The molecule has 0 bridgehead atoms. The lowest BCUT2D eigenvalue weighted by atomic mass is 9.97. The van der Waals surface area contributed by atoms with Crippen molar-refractivity contribution in [2.45, 2.75) is 61.6 Å². The Hall–Kier alpha value is -0.710. The van der Waals surface area contributed by atoms with Gasteiger partial charge in [-0.1, -0.05) is 38.8 Å². The Morgan fingerprint density at radius 3 is 2.65 bits per heavy atom. The minimum atomic E-state index is -0.104. The van der Waals surface area contributed by atoms with Gasteiger partial charge in [0.1, 0.15) is 5.52 Å². The van der Waals surface area contributed by atoms with Crippen molar-refractivity contribution in [3.05, 3.63) is 23.0 Å². The van der Waals surface area contributed by atoms with Crippen molar-refractivity contribution in [1.82, 2.24) is 9.88 Å². The second-order valence-electron chi connectivity index (χ2n) is 7.61. The molecule has 1 fully saturated rings. The van der Waals surface area contributed by atoms with Gasteiger partial charge >= 0.3 is 0 Å². The predicted molar refractivity (Wildman–Crippen MR) is 98.7 cm³/mol. The molecule has 1 saturated carbocycles. The topological polar surface area (TPSA) is 29.3 Å². The Kier molecular flexibility index (Phi) is 4.69. The van der Waals surface area contributed by atoms with Gasteiger partial charge in [-0.2, -0.15) is 0 Å². The van der Waals surface area contributed by atoms with Crippen molar-refractivity contribution in [2.24, 2.45) is 0 Å². The van der Waals surface area contributed by atoms with Gasteiger partial charge in [0.25, 0.3) is 0 Å². The molecule has 5 heteroatoms. The minimum absolute atomic E-state index is 0.104. The number of aromatic nitrogens is 1. The molecule has 1 aliphatic carbocycles. The average molecular weight is 353 g/mol. The fourth-order valence-corrected chi connectivity index (χ4v) is 5.00. The number of hydrogen-bond acceptors (Lipinski definition) is 4. The number of fused-ring (bicyclic) bond motifs is 1. The van der Waals surface area contributed by atoms with Crippen LogP contribution in [0.15, 0.2) is 21.4 Å². The van der Waals surface area contributed by atoms with E-state index in [-0.39, 0.29) is 5.41 Å². The van der Waals surface area contributed by atoms with Crippen LogP contribution in [0.25, 0.3) is 11.1 Å². The molecule has 0 amide bonds. The molecule has 1 aromatic heterocycles. The van der Waals surface area contributed by atoms with Crippen LogP contribution in [0, 0.1) is 0 Å². The smallest absolute Gasteiger partial charge is 0.200 e. The molecule has 3 nitrogen and oxygen atoms in total. The summed E-state index contributed by atoms with van der Waals surface area (Å²) in [5, 5.41) is 1.32. The number of benzene rings is 1. The quantitative estimate of drug-likeness (QED) is 0.744. The van der Waals surface area contributed by atoms with Gasteiger partial charge in [0.05, 0.1) is 9.92 Å². The fourth-order valence-electron chi connectivity index (χ4n) is 3.16. The molecule has 1 heterocycles. The first-order chi connectivity index (χ1) is 10.8. The number of hydrogen-bond donors (Lipinski definition) is 0. The second-order valence-corrected chi connectivity index (χ2v) is 9.27. The molecule has 0 spiro atoms. The number of oxazole rings is 1. The SMILES string of the molecule is CN(C)[C@@H]1CCC[C@@H]1Sc1c(Cl)ccc2nc(C(C)(C)C)oc12. The Morgan fingerprint density at radius 1 is 1.26 bits per heavy atom. The molecule has 0 unspecified atom stereocenters. The highest BCUT2D eigenvalue weighted by molar-refractivity contribution is 8.00. The summed E-state index contributed by atoms with van der Waals surface area (Å²) in [6, 6.07) is 4.50. The van der Waals surface area contributed by atoms with E-state index < -0.39 is 0 Å². The minimum Gasteiger partial charge on any atom is -0.439 e. The normalized spacial score (nSPS) is 22.4. The summed E-state index contributed by atoms with van der Waals surface area (Å²) in [6.07, 6.45) is 3.75. The van der Waals surface area contributed by atoms with Crippen molar-refractivity contribution in [1.29, 1.82) is 0 Å². The van der Waals surface area contributed by atoms with E-state index in [1.54, 1.807) is 0 Å². The molecule has 126 valence electrons. The van der Waals surface area contributed by atoms with Crippen LogP contribution in [-0.4, -0.2) is 35.3 Å². The van der Waals surface area contributed by atoms with E-state index in [9.17, 15) is 0 Å². The molecule has 0 N–H and O–H groups in total. The third kappa shape index (κ3) is 3.40. The summed E-state index contributed by atoms with van der Waals surface area (Å²) < 4.78 is 6.12. The molecule has 23 heavy (non-hydrogen) atoms. The van der Waals surface area contributed by atoms with E-state index in [1.165, 1.54) is 19.3 Å². The van der Waals surface area contributed by atoms with Crippen molar-refractivity contribution in [3.8, 4) is 0 Å². The molecule has 1 aliphatic rings. The van der Waals surface area contributed by atoms with Crippen molar-refractivity contribution in [3.63, 3.8) is 0 Å². The zero-order chi connectivity index (χ0) is 16.8. The van der Waals surface area contributed by atoms with Gasteiger partial charge in [-0.15, -0.1) is 11.8 Å². The van der Waals surface area contributed by atoms with E-state index in [0.29, 0.717) is 11.3 Å². The summed E-state index contributed by atoms with van der Waals surface area (Å²) in [4.78, 5) is 8.05. The van der Waals surface area contributed by atoms with Crippen LogP contribution in [0.2, 0.25) is 5.02 Å². The maximum atomic E-state index is 6.51. The van der Waals surface area contributed by atoms with E-state index in [2.05, 4.69) is 44.8 Å². The molecular weight excluding hydrogens is 328 g/mol. The molecule has 0 saturated heterocycles. The summed E-state index contributed by atoms with van der Waals surface area (Å²) in [6.45, 7) is 6.35. The lowest BCUT2D eigenvalue weighted by Crippen LogP contribution is -2.32. The number of halogens is 1. The van der Waals surface area contributed by atoms with Gasteiger partial charge in [0, 0.05) is 16.7 Å². The van der Waals surface area contributed by atoms with E-state index in [0.717, 1.165) is 26.9 Å². The highest BCUT2D eigenvalue weighted by atomic mass is 35.5. The van der Waals surface area contributed by atoms with Gasteiger partial charge in [0.2, 0.25) is 5.89 Å². The van der Waals surface area contributed by atoms with E-state index >= 15 is 0 Å². The summed E-state index contributed by atoms with van der Waals surface area (Å²) in [5.74, 6) is 0.771. The molecular formula is C18H25ClN2OS. The van der Waals surface area contributed by atoms with Crippen LogP contribution in [-0.2, 0) is 5.41 Å². The molecule has 3 rings (SSSR count). The van der Waals surface area contributed by atoms with Crippen LogP contribution >= 0.6 is 23.4 Å². The number of rotatable bonds is 3. The molecule has 0 radical (unpaired) electrons. The Bertz CT molecular complexity index is 705. The summed E-state index contributed by atoms with van der Waals surface area (Å²) in [5.41, 5.74) is 1.64. The lowest BCUT2D eigenvalue weighted by Gasteiger charge is -2.25. The van der Waals surface area contributed by atoms with Gasteiger partial charge in [0.15, 0.2) is 5.58 Å². The highest BCUT2D eigenvalue weighted by Crippen LogP contribution is 2.43. The molecule has 2 aromatic rings. The zero-order valence-electron chi connectivity index (χ0n) is 14.5. The zero-order valence-corrected chi connectivity index (χ0v) is 16.1. The second kappa shape index (κ2) is 6.30. The largest absolute Gasteiger partial charge is 0.439 e. The van der Waals surface area contributed by atoms with Gasteiger partial charge in [-0.05, 0) is 39.1 Å².